The Morgan fingerprint density at radius 3 is 2.46 bits per heavy atom. The Labute approximate surface area is 200 Å². The molecule has 6 rings (SSSR count). The van der Waals surface area contributed by atoms with Crippen LogP contribution in [0.25, 0.3) is 27.6 Å². The van der Waals surface area contributed by atoms with E-state index >= 15 is 0 Å². The fourth-order valence-electron chi connectivity index (χ4n) is 4.66. The Morgan fingerprint density at radius 2 is 1.69 bits per heavy atom. The maximum atomic E-state index is 13.6. The highest BCUT2D eigenvalue weighted by molar-refractivity contribution is 6.05. The molecule has 0 saturated carbocycles. The van der Waals surface area contributed by atoms with Crippen LogP contribution in [0.3, 0.4) is 0 Å². The molecule has 172 valence electrons. The van der Waals surface area contributed by atoms with Crippen LogP contribution >= 0.6 is 0 Å². The summed E-state index contributed by atoms with van der Waals surface area (Å²) in [7, 11) is 1.65. The average molecular weight is 464 g/mol. The first-order valence-electron chi connectivity index (χ1n) is 11.4. The molecule has 0 radical (unpaired) electrons. The van der Waals surface area contributed by atoms with Crippen LogP contribution in [0.4, 0.5) is 4.39 Å². The maximum Gasteiger partial charge on any atom is 0.278 e. The molecule has 0 aliphatic carbocycles. The molecule has 0 fully saturated rings. The number of hydrogen-bond donors (Lipinski definition) is 1. The Morgan fingerprint density at radius 1 is 0.914 bits per heavy atom. The highest BCUT2D eigenvalue weighted by atomic mass is 19.1. The van der Waals surface area contributed by atoms with E-state index in [-0.39, 0.29) is 11.4 Å². The van der Waals surface area contributed by atoms with Crippen molar-refractivity contribution in [2.24, 2.45) is 0 Å². The van der Waals surface area contributed by atoms with E-state index in [9.17, 15) is 9.18 Å². The molecule has 1 N–H and O–H groups in total. The van der Waals surface area contributed by atoms with Gasteiger partial charge in [-0.25, -0.2) is 9.37 Å². The Balaban J connectivity index is 1.60. The van der Waals surface area contributed by atoms with Gasteiger partial charge >= 0.3 is 0 Å². The predicted octanol–water partition coefficient (Wildman–Crippen LogP) is 5.63. The zero-order chi connectivity index (χ0) is 23.9. The zero-order valence-corrected chi connectivity index (χ0v) is 19.1. The van der Waals surface area contributed by atoms with Crippen LogP contribution in [-0.2, 0) is 12.8 Å². The second-order valence-corrected chi connectivity index (χ2v) is 8.64. The van der Waals surface area contributed by atoms with Crippen molar-refractivity contribution in [1.29, 1.82) is 0 Å². The number of halogens is 1. The van der Waals surface area contributed by atoms with Gasteiger partial charge in [0.25, 0.3) is 5.56 Å². The zero-order valence-electron chi connectivity index (χ0n) is 19.1. The molecule has 0 amide bonds. The number of fused-ring (bicyclic) bond motifs is 5. The van der Waals surface area contributed by atoms with Gasteiger partial charge in [-0.15, -0.1) is 0 Å². The van der Waals surface area contributed by atoms with Gasteiger partial charge in [-0.3, -0.25) is 9.36 Å². The van der Waals surface area contributed by atoms with Crippen LogP contribution in [0.1, 0.15) is 22.5 Å². The Hall–Kier alpha value is -4.45. The third kappa shape index (κ3) is 3.73. The summed E-state index contributed by atoms with van der Waals surface area (Å²) in [5.74, 6) is 1.08. The lowest BCUT2D eigenvalue weighted by molar-refractivity contribution is 0.415. The van der Waals surface area contributed by atoms with E-state index in [1.165, 1.54) is 12.1 Å². The van der Waals surface area contributed by atoms with E-state index in [0.29, 0.717) is 24.4 Å². The van der Waals surface area contributed by atoms with E-state index in [1.807, 2.05) is 48.5 Å². The smallest absolute Gasteiger partial charge is 0.278 e. The third-order valence-electron chi connectivity index (χ3n) is 6.40. The van der Waals surface area contributed by atoms with Crippen molar-refractivity contribution >= 4 is 21.8 Å². The molecule has 0 spiro atoms. The first kappa shape index (κ1) is 21.1. The topological polar surface area (TPSA) is 59.9 Å². The summed E-state index contributed by atoms with van der Waals surface area (Å²) in [6, 6.07) is 26.1. The second kappa shape index (κ2) is 8.40. The number of imidazole rings is 1. The van der Waals surface area contributed by atoms with Gasteiger partial charge < -0.3 is 9.72 Å². The van der Waals surface area contributed by atoms with Crippen molar-refractivity contribution in [2.75, 3.05) is 7.11 Å². The van der Waals surface area contributed by atoms with Gasteiger partial charge in [-0.1, -0.05) is 48.5 Å². The second-order valence-electron chi connectivity index (χ2n) is 8.64. The number of hydrogen-bond acceptors (Lipinski definition) is 3. The first-order chi connectivity index (χ1) is 17.1. The number of H-pyrrole nitrogens is 1. The molecule has 35 heavy (non-hydrogen) atoms. The van der Waals surface area contributed by atoms with Crippen LogP contribution < -0.4 is 10.3 Å². The molecule has 0 unspecified atom stereocenters. The monoisotopic (exact) mass is 463 g/mol. The van der Waals surface area contributed by atoms with Gasteiger partial charge in [-0.2, -0.15) is 0 Å². The lowest BCUT2D eigenvalue weighted by atomic mass is 10.1. The number of ether oxygens (including phenoxy) is 1. The number of nitrogens with one attached hydrogen (secondary N) is 1. The van der Waals surface area contributed by atoms with Crippen LogP contribution in [0, 0.1) is 5.82 Å². The summed E-state index contributed by atoms with van der Waals surface area (Å²) in [6.45, 7) is 0. The van der Waals surface area contributed by atoms with Gasteiger partial charge in [0.15, 0.2) is 5.82 Å². The van der Waals surface area contributed by atoms with Crippen molar-refractivity contribution in [3.05, 3.63) is 124 Å². The van der Waals surface area contributed by atoms with Crippen LogP contribution in [-0.4, -0.2) is 21.6 Å². The van der Waals surface area contributed by atoms with Crippen molar-refractivity contribution in [3.63, 3.8) is 0 Å². The maximum absolute atomic E-state index is 13.6. The fourth-order valence-corrected chi connectivity index (χ4v) is 4.66. The van der Waals surface area contributed by atoms with E-state index in [0.717, 1.165) is 44.4 Å². The minimum absolute atomic E-state index is 0.162. The molecule has 0 saturated heterocycles. The van der Waals surface area contributed by atoms with Gasteiger partial charge in [0.1, 0.15) is 17.3 Å². The van der Waals surface area contributed by atoms with Crippen molar-refractivity contribution < 1.29 is 9.13 Å². The van der Waals surface area contributed by atoms with Crippen LogP contribution in [0.5, 0.6) is 5.75 Å². The van der Waals surface area contributed by atoms with E-state index in [1.54, 1.807) is 23.8 Å². The van der Waals surface area contributed by atoms with Gasteiger partial charge in [0.05, 0.1) is 23.8 Å². The molecule has 2 heterocycles. The summed E-state index contributed by atoms with van der Waals surface area (Å²) in [6.07, 6.45) is 0.928. The summed E-state index contributed by atoms with van der Waals surface area (Å²) < 4.78 is 20.5. The standard InChI is InChI=1S/C29H22FN3O2/c1-35-22-12-13-23-20(17-22)9-14-26-27(23)31-24(15-18-5-3-2-4-6-18)28-32-25(29(34)33(26)28)16-19-7-10-21(30)11-8-19/h2-14,17,31H,15-16H2,1H3. The SMILES string of the molecule is COc1ccc2c(ccc3c2[nH]c(Cc2ccccc2)c2nc(Cc4ccc(F)cc4)c(=O)n3-2)c1. The predicted molar refractivity (Wildman–Crippen MR) is 135 cm³/mol. The molecular weight excluding hydrogens is 441 g/mol. The molecule has 2 aliphatic rings. The molecule has 4 aromatic carbocycles. The summed E-state index contributed by atoms with van der Waals surface area (Å²) in [5, 5.41) is 2.00. The lowest BCUT2D eigenvalue weighted by Gasteiger charge is -2.15. The third-order valence-corrected chi connectivity index (χ3v) is 6.40. The lowest BCUT2D eigenvalue weighted by Crippen LogP contribution is -2.18. The van der Waals surface area contributed by atoms with Crippen molar-refractivity contribution in [1.82, 2.24) is 14.5 Å². The molecule has 4 aromatic rings. The molecule has 0 aromatic heterocycles. The van der Waals surface area contributed by atoms with Gasteiger partial charge in [-0.05, 0) is 52.9 Å². The highest BCUT2D eigenvalue weighted by Gasteiger charge is 2.22. The molecule has 2 aliphatic heterocycles. The van der Waals surface area contributed by atoms with Crippen molar-refractivity contribution in [3.8, 4) is 11.6 Å². The van der Waals surface area contributed by atoms with Crippen LogP contribution in [0.15, 0.2) is 89.7 Å². The first-order valence-corrected chi connectivity index (χ1v) is 11.4. The summed E-state index contributed by atoms with van der Waals surface area (Å²) in [4.78, 5) is 22.0. The molecule has 5 nitrogen and oxygen atoms in total. The number of aromatic amines is 1. The Bertz CT molecular complexity index is 1700. The van der Waals surface area contributed by atoms with Crippen LogP contribution in [0.2, 0.25) is 0 Å². The minimum atomic E-state index is -0.305. The Kier molecular flexibility index (Phi) is 5.07. The average Bonchev–Trinajstić information content (AvgIpc) is 3.22. The number of benzene rings is 4. The normalized spacial score (nSPS) is 11.5. The van der Waals surface area contributed by atoms with E-state index in [2.05, 4.69) is 17.1 Å². The minimum Gasteiger partial charge on any atom is -0.497 e. The highest BCUT2D eigenvalue weighted by Crippen LogP contribution is 2.30. The quantitative estimate of drug-likeness (QED) is 0.337. The van der Waals surface area contributed by atoms with Crippen molar-refractivity contribution in [2.45, 2.75) is 12.8 Å². The van der Waals surface area contributed by atoms with E-state index in [4.69, 9.17) is 9.72 Å². The van der Waals surface area contributed by atoms with Gasteiger partial charge in [0, 0.05) is 18.2 Å². The summed E-state index contributed by atoms with van der Waals surface area (Å²) in [5.41, 5.74) is 4.70. The molecule has 0 bridgehead atoms. The number of nitrogens with zero attached hydrogens (tertiary/aromatic N) is 2. The summed E-state index contributed by atoms with van der Waals surface area (Å²) >= 11 is 0. The molecule has 6 heteroatoms. The number of methoxy groups -OCH3 is 1. The molecule has 0 atom stereocenters. The van der Waals surface area contributed by atoms with E-state index < -0.39 is 0 Å². The largest absolute Gasteiger partial charge is 0.497 e. The number of rotatable bonds is 5. The van der Waals surface area contributed by atoms with Gasteiger partial charge in [0.2, 0.25) is 0 Å². The number of aromatic nitrogens is 3. The fraction of sp³-hybridized carbons (Fsp3) is 0.103. The molecular formula is C29H22FN3O2.